The minimum atomic E-state index is -1.12. The smallest absolute Gasteiger partial charge is 0.148 e. The summed E-state index contributed by atoms with van der Waals surface area (Å²) >= 11 is 0. The molecule has 0 amide bonds. The maximum Gasteiger partial charge on any atom is 0.148 e. The standard InChI is InChI=1S/C3H8FN.ClH/c1-2-3(4)5;/h3H,2,5H2,1H3;1H/t3-;/m1./s1. The van der Waals surface area contributed by atoms with Crippen molar-refractivity contribution in [3.63, 3.8) is 0 Å². The van der Waals surface area contributed by atoms with E-state index < -0.39 is 6.30 Å². The first-order chi connectivity index (χ1) is 2.27. The van der Waals surface area contributed by atoms with Crippen LogP contribution in [0.3, 0.4) is 0 Å². The predicted molar refractivity (Wildman–Crippen MR) is 26.6 cm³/mol. The van der Waals surface area contributed by atoms with Crippen molar-refractivity contribution in [1.29, 1.82) is 0 Å². The van der Waals surface area contributed by atoms with Crippen molar-refractivity contribution < 1.29 is 4.39 Å². The van der Waals surface area contributed by atoms with Crippen LogP contribution in [0.2, 0.25) is 0 Å². The Labute approximate surface area is 43.1 Å². The molecule has 0 aliphatic carbocycles. The Kier molecular flexibility index (Phi) is 8.19. The molecular formula is C3H9ClFN. The minimum Gasteiger partial charge on any atom is -0.302 e. The molecule has 0 spiro atoms. The molecule has 0 fully saturated rings. The van der Waals surface area contributed by atoms with Gasteiger partial charge in [-0.25, -0.2) is 4.39 Å². The molecule has 0 heterocycles. The summed E-state index contributed by atoms with van der Waals surface area (Å²) in [6.07, 6.45) is -0.699. The van der Waals surface area contributed by atoms with Crippen molar-refractivity contribution in [3.8, 4) is 0 Å². The molecule has 0 aromatic carbocycles. The van der Waals surface area contributed by atoms with Gasteiger partial charge in [0.05, 0.1) is 0 Å². The monoisotopic (exact) mass is 113 g/mol. The minimum absolute atomic E-state index is 0. The Morgan fingerprint density at radius 1 is 1.83 bits per heavy atom. The van der Waals surface area contributed by atoms with E-state index in [0.717, 1.165) is 0 Å². The van der Waals surface area contributed by atoms with E-state index >= 15 is 0 Å². The molecule has 0 aromatic heterocycles. The Hall–Kier alpha value is 0.180. The number of alkyl halides is 1. The third-order valence-corrected chi connectivity index (χ3v) is 0.390. The second-order valence-electron chi connectivity index (χ2n) is 0.924. The Morgan fingerprint density at radius 2 is 2.00 bits per heavy atom. The highest BCUT2D eigenvalue weighted by Gasteiger charge is 1.85. The van der Waals surface area contributed by atoms with Crippen molar-refractivity contribution >= 4 is 12.4 Å². The first-order valence-electron chi connectivity index (χ1n) is 1.67. The van der Waals surface area contributed by atoms with E-state index in [1.54, 1.807) is 6.92 Å². The van der Waals surface area contributed by atoms with E-state index in [0.29, 0.717) is 6.42 Å². The summed E-state index contributed by atoms with van der Waals surface area (Å²) in [5.74, 6) is 0. The highest BCUT2D eigenvalue weighted by Crippen LogP contribution is 1.81. The number of halogens is 2. The van der Waals surface area contributed by atoms with Gasteiger partial charge >= 0.3 is 0 Å². The van der Waals surface area contributed by atoms with Crippen LogP contribution in [0.5, 0.6) is 0 Å². The first kappa shape index (κ1) is 9.49. The van der Waals surface area contributed by atoms with Gasteiger partial charge in [-0.2, -0.15) is 0 Å². The molecule has 0 saturated heterocycles. The van der Waals surface area contributed by atoms with E-state index in [1.807, 2.05) is 0 Å². The van der Waals surface area contributed by atoms with Gasteiger partial charge in [-0.1, -0.05) is 6.92 Å². The number of hydrogen-bond donors (Lipinski definition) is 1. The number of rotatable bonds is 1. The molecule has 0 radical (unpaired) electrons. The van der Waals surface area contributed by atoms with Crippen LogP contribution < -0.4 is 5.73 Å². The fourth-order valence-corrected chi connectivity index (χ4v) is 0. The molecule has 40 valence electrons. The molecule has 2 N–H and O–H groups in total. The van der Waals surface area contributed by atoms with Crippen LogP contribution in [0.4, 0.5) is 4.39 Å². The first-order valence-corrected chi connectivity index (χ1v) is 1.67. The molecule has 0 aliphatic rings. The second kappa shape index (κ2) is 5.18. The average molecular weight is 114 g/mol. The van der Waals surface area contributed by atoms with E-state index in [4.69, 9.17) is 0 Å². The van der Waals surface area contributed by atoms with Gasteiger partial charge in [0, 0.05) is 0 Å². The highest BCUT2D eigenvalue weighted by molar-refractivity contribution is 5.85. The van der Waals surface area contributed by atoms with Crippen LogP contribution in [-0.4, -0.2) is 6.30 Å². The summed E-state index contributed by atoms with van der Waals surface area (Å²) in [6.45, 7) is 1.70. The fourth-order valence-electron chi connectivity index (χ4n) is 0. The molecule has 1 atom stereocenters. The van der Waals surface area contributed by atoms with E-state index in [1.165, 1.54) is 0 Å². The molecule has 0 bridgehead atoms. The molecule has 0 rings (SSSR count). The summed E-state index contributed by atoms with van der Waals surface area (Å²) in [7, 11) is 0. The van der Waals surface area contributed by atoms with Crippen LogP contribution in [-0.2, 0) is 0 Å². The summed E-state index contributed by atoms with van der Waals surface area (Å²) < 4.78 is 11.2. The summed E-state index contributed by atoms with van der Waals surface area (Å²) in [5.41, 5.74) is 4.62. The Bertz CT molecular complexity index is 24.8. The quantitative estimate of drug-likeness (QED) is 0.506. The van der Waals surface area contributed by atoms with Crippen molar-refractivity contribution in [1.82, 2.24) is 0 Å². The maximum atomic E-state index is 11.2. The molecule has 3 heteroatoms. The van der Waals surface area contributed by atoms with Gasteiger partial charge in [0.2, 0.25) is 0 Å². The second-order valence-corrected chi connectivity index (χ2v) is 0.924. The Balaban J connectivity index is 0. The lowest BCUT2D eigenvalue weighted by atomic mass is 10.5. The van der Waals surface area contributed by atoms with Gasteiger partial charge in [0.15, 0.2) is 0 Å². The summed E-state index contributed by atoms with van der Waals surface area (Å²) in [4.78, 5) is 0. The van der Waals surface area contributed by atoms with E-state index in [-0.39, 0.29) is 12.4 Å². The van der Waals surface area contributed by atoms with Gasteiger partial charge < -0.3 is 5.73 Å². The molecular weight excluding hydrogens is 104 g/mol. The largest absolute Gasteiger partial charge is 0.302 e. The summed E-state index contributed by atoms with van der Waals surface area (Å²) in [6, 6.07) is 0. The zero-order chi connectivity index (χ0) is 4.28. The number of hydrogen-bond acceptors (Lipinski definition) is 1. The molecule has 6 heavy (non-hydrogen) atoms. The van der Waals surface area contributed by atoms with Crippen LogP contribution >= 0.6 is 12.4 Å². The van der Waals surface area contributed by atoms with E-state index in [9.17, 15) is 4.39 Å². The molecule has 0 aliphatic heterocycles. The van der Waals surface area contributed by atoms with Crippen molar-refractivity contribution in [2.24, 2.45) is 5.73 Å². The van der Waals surface area contributed by atoms with Gasteiger partial charge in [-0.05, 0) is 6.42 Å². The van der Waals surface area contributed by atoms with Crippen LogP contribution in [0.1, 0.15) is 13.3 Å². The van der Waals surface area contributed by atoms with Crippen molar-refractivity contribution in [3.05, 3.63) is 0 Å². The summed E-state index contributed by atoms with van der Waals surface area (Å²) in [5, 5.41) is 0. The SMILES string of the molecule is CC[C@@H](N)F.Cl. The maximum absolute atomic E-state index is 11.2. The van der Waals surface area contributed by atoms with Crippen LogP contribution in [0.15, 0.2) is 0 Å². The van der Waals surface area contributed by atoms with Crippen LogP contribution in [0, 0.1) is 0 Å². The lowest BCUT2D eigenvalue weighted by molar-refractivity contribution is 0.335. The Morgan fingerprint density at radius 3 is 2.00 bits per heavy atom. The molecule has 0 aromatic rings. The topological polar surface area (TPSA) is 26.0 Å². The zero-order valence-electron chi connectivity index (χ0n) is 3.65. The third kappa shape index (κ3) is 8.89. The van der Waals surface area contributed by atoms with Gasteiger partial charge in [0.25, 0.3) is 0 Å². The highest BCUT2D eigenvalue weighted by atomic mass is 35.5. The van der Waals surface area contributed by atoms with Crippen molar-refractivity contribution in [2.75, 3.05) is 0 Å². The number of nitrogens with two attached hydrogens (primary N) is 1. The van der Waals surface area contributed by atoms with Crippen LogP contribution in [0.25, 0.3) is 0 Å². The van der Waals surface area contributed by atoms with Gasteiger partial charge in [0.1, 0.15) is 6.30 Å². The van der Waals surface area contributed by atoms with Gasteiger partial charge in [-0.3, -0.25) is 0 Å². The lowest BCUT2D eigenvalue weighted by Gasteiger charge is -1.87. The average Bonchev–Trinajstić information content (AvgIpc) is 1.38. The van der Waals surface area contributed by atoms with Crippen molar-refractivity contribution in [2.45, 2.75) is 19.6 Å². The molecule has 0 unspecified atom stereocenters. The van der Waals surface area contributed by atoms with E-state index in [2.05, 4.69) is 5.73 Å². The molecule has 0 saturated carbocycles. The van der Waals surface area contributed by atoms with Gasteiger partial charge in [-0.15, -0.1) is 12.4 Å². The lowest BCUT2D eigenvalue weighted by Crippen LogP contribution is -2.09. The molecule has 1 nitrogen and oxygen atoms in total. The normalized spacial score (nSPS) is 12.5. The zero-order valence-corrected chi connectivity index (χ0v) is 4.46. The fraction of sp³-hybridized carbons (Fsp3) is 1.00. The predicted octanol–water partition coefficient (Wildman–Crippen LogP) is 1.07. The third-order valence-electron chi connectivity index (χ3n) is 0.390.